The van der Waals surface area contributed by atoms with Crippen molar-refractivity contribution in [1.29, 1.82) is 0 Å². The van der Waals surface area contributed by atoms with E-state index < -0.39 is 0 Å². The Hall–Kier alpha value is -3.62. The summed E-state index contributed by atoms with van der Waals surface area (Å²) >= 11 is 0. The molecule has 4 aromatic rings. The number of benzene rings is 1. The molecule has 156 valence electrons. The second kappa shape index (κ2) is 6.97. The molecule has 31 heavy (non-hydrogen) atoms. The third-order valence-electron chi connectivity index (χ3n) is 6.33. The maximum atomic E-state index is 5.04. The number of hydrogen-bond acceptors (Lipinski definition) is 7. The van der Waals surface area contributed by atoms with E-state index in [1.54, 1.807) is 11.0 Å². The summed E-state index contributed by atoms with van der Waals surface area (Å²) in [4.78, 5) is 16.6. The minimum Gasteiger partial charge on any atom is -0.341 e. The molecule has 0 bridgehead atoms. The van der Waals surface area contributed by atoms with E-state index in [2.05, 4.69) is 41.7 Å². The molecular weight excluding hydrogens is 390 g/mol. The summed E-state index contributed by atoms with van der Waals surface area (Å²) in [6.45, 7) is 4.17. The van der Waals surface area contributed by atoms with Crippen molar-refractivity contribution in [2.75, 3.05) is 4.90 Å². The van der Waals surface area contributed by atoms with Gasteiger partial charge in [-0.25, -0.2) is 9.97 Å². The number of rotatable bonds is 4. The molecule has 0 radical (unpaired) electrons. The van der Waals surface area contributed by atoms with Crippen LogP contribution in [0.15, 0.2) is 42.9 Å². The number of anilines is 1. The molecule has 4 heterocycles. The number of hydrogen-bond donors (Lipinski definition) is 0. The fourth-order valence-corrected chi connectivity index (χ4v) is 4.61. The Bertz CT molecular complexity index is 1240. The van der Waals surface area contributed by atoms with Gasteiger partial charge in [-0.2, -0.15) is 14.8 Å². The van der Waals surface area contributed by atoms with Crippen molar-refractivity contribution in [2.45, 2.75) is 51.6 Å². The van der Waals surface area contributed by atoms with E-state index in [0.717, 1.165) is 41.0 Å². The van der Waals surface area contributed by atoms with Crippen LogP contribution in [-0.4, -0.2) is 45.5 Å². The predicted octanol–water partition coefficient (Wildman–Crippen LogP) is 3.44. The fourth-order valence-electron chi connectivity index (χ4n) is 4.61. The zero-order valence-electron chi connectivity index (χ0n) is 17.5. The van der Waals surface area contributed by atoms with Crippen molar-refractivity contribution in [3.8, 4) is 23.0 Å². The highest BCUT2D eigenvalue weighted by Gasteiger charge is 2.40. The van der Waals surface area contributed by atoms with Gasteiger partial charge >= 0.3 is 0 Å². The van der Waals surface area contributed by atoms with Crippen LogP contribution in [0.25, 0.3) is 23.0 Å². The van der Waals surface area contributed by atoms with E-state index in [0.29, 0.717) is 12.0 Å². The third-order valence-corrected chi connectivity index (χ3v) is 6.33. The maximum absolute atomic E-state index is 5.04. The lowest BCUT2D eigenvalue weighted by molar-refractivity contribution is 0.341. The molecule has 0 spiro atoms. The minimum absolute atomic E-state index is 0.145. The van der Waals surface area contributed by atoms with Crippen LogP contribution in [0.3, 0.4) is 0 Å². The second-order valence-electron chi connectivity index (χ2n) is 8.10. The van der Waals surface area contributed by atoms with E-state index in [1.807, 2.05) is 43.5 Å². The Labute approximate surface area is 179 Å². The normalized spacial score (nSPS) is 17.9. The second-order valence-corrected chi connectivity index (χ2v) is 8.10. The molecular formula is C22H23N9. The SMILES string of the molecule is CCC1c2nnc(C)n2-c2cnc(-n3ncnc3-c3ccccc3)nc2N1C1CCC1. The molecule has 1 atom stereocenters. The van der Waals surface area contributed by atoms with Gasteiger partial charge in [0.2, 0.25) is 0 Å². The predicted molar refractivity (Wildman–Crippen MR) is 115 cm³/mol. The molecule has 1 aliphatic carbocycles. The summed E-state index contributed by atoms with van der Waals surface area (Å²) in [7, 11) is 0. The fraction of sp³-hybridized carbons (Fsp3) is 0.364. The summed E-state index contributed by atoms with van der Waals surface area (Å²) in [5, 5.41) is 13.3. The zero-order valence-corrected chi connectivity index (χ0v) is 17.5. The molecule has 1 saturated carbocycles. The van der Waals surface area contributed by atoms with Crippen LogP contribution in [0, 0.1) is 6.92 Å². The van der Waals surface area contributed by atoms with Gasteiger partial charge in [-0.3, -0.25) is 4.57 Å². The highest BCUT2D eigenvalue weighted by atomic mass is 15.4. The molecule has 1 fully saturated rings. The first-order chi connectivity index (χ1) is 15.3. The lowest BCUT2D eigenvalue weighted by atomic mass is 9.89. The molecule has 1 unspecified atom stereocenters. The van der Waals surface area contributed by atoms with Crippen LogP contribution < -0.4 is 4.90 Å². The van der Waals surface area contributed by atoms with Crippen LogP contribution in [-0.2, 0) is 0 Å². The molecule has 9 heteroatoms. The summed E-state index contributed by atoms with van der Waals surface area (Å²) < 4.78 is 3.81. The molecule has 6 rings (SSSR count). The quantitative estimate of drug-likeness (QED) is 0.506. The lowest BCUT2D eigenvalue weighted by Crippen LogP contribution is -2.46. The van der Waals surface area contributed by atoms with Crippen molar-refractivity contribution in [2.24, 2.45) is 0 Å². The first-order valence-corrected chi connectivity index (χ1v) is 10.8. The first kappa shape index (κ1) is 18.2. The van der Waals surface area contributed by atoms with Crippen LogP contribution in [0.2, 0.25) is 0 Å². The van der Waals surface area contributed by atoms with E-state index in [-0.39, 0.29) is 6.04 Å². The van der Waals surface area contributed by atoms with Gasteiger partial charge in [0.05, 0.1) is 12.2 Å². The Balaban J connectivity index is 1.53. The van der Waals surface area contributed by atoms with Gasteiger partial charge in [-0.1, -0.05) is 37.3 Å². The van der Waals surface area contributed by atoms with E-state index >= 15 is 0 Å². The molecule has 0 saturated heterocycles. The first-order valence-electron chi connectivity index (χ1n) is 10.8. The van der Waals surface area contributed by atoms with Crippen LogP contribution in [0.4, 0.5) is 5.82 Å². The van der Waals surface area contributed by atoms with E-state index in [4.69, 9.17) is 4.98 Å². The summed E-state index contributed by atoms with van der Waals surface area (Å²) in [6, 6.07) is 10.6. The standard InChI is InChI=1S/C22H23N9/c1-3-17-21-28-27-14(2)29(21)18-12-23-22(26-20(18)30(17)16-10-7-11-16)31-19(24-13-25-31)15-8-5-4-6-9-15/h4-6,8-9,12-13,16-17H,3,7,10-11H2,1-2H3. The number of fused-ring (bicyclic) bond motifs is 3. The van der Waals surface area contributed by atoms with Crippen LogP contribution >= 0.6 is 0 Å². The zero-order chi connectivity index (χ0) is 20.9. The Morgan fingerprint density at radius 2 is 1.90 bits per heavy atom. The van der Waals surface area contributed by atoms with Gasteiger partial charge in [0.15, 0.2) is 17.5 Å². The van der Waals surface area contributed by atoms with Gasteiger partial charge in [-0.05, 0) is 32.6 Å². The average molecular weight is 413 g/mol. The van der Waals surface area contributed by atoms with Gasteiger partial charge in [0, 0.05) is 11.6 Å². The smallest absolute Gasteiger partial charge is 0.254 e. The third kappa shape index (κ3) is 2.69. The highest BCUT2D eigenvalue weighted by molar-refractivity contribution is 5.64. The van der Waals surface area contributed by atoms with Gasteiger partial charge in [-0.15, -0.1) is 10.2 Å². The van der Waals surface area contributed by atoms with E-state index in [1.165, 1.54) is 19.3 Å². The topological polar surface area (TPSA) is 90.4 Å². The van der Waals surface area contributed by atoms with Gasteiger partial charge in [0.25, 0.3) is 5.95 Å². The van der Waals surface area contributed by atoms with Crippen LogP contribution in [0.5, 0.6) is 0 Å². The lowest BCUT2D eigenvalue weighted by Gasteiger charge is -2.45. The average Bonchev–Trinajstić information content (AvgIpc) is 3.40. The molecule has 1 aromatic carbocycles. The Morgan fingerprint density at radius 1 is 1.06 bits per heavy atom. The molecule has 1 aliphatic heterocycles. The molecule has 0 amide bonds. The monoisotopic (exact) mass is 413 g/mol. The Morgan fingerprint density at radius 3 is 2.65 bits per heavy atom. The molecule has 2 aliphatic rings. The van der Waals surface area contributed by atoms with Crippen molar-refractivity contribution in [3.63, 3.8) is 0 Å². The molecule has 9 nitrogen and oxygen atoms in total. The van der Waals surface area contributed by atoms with Crippen molar-refractivity contribution in [1.82, 2.24) is 39.5 Å². The van der Waals surface area contributed by atoms with E-state index in [9.17, 15) is 0 Å². The number of nitrogens with zero attached hydrogens (tertiary/aromatic N) is 9. The maximum Gasteiger partial charge on any atom is 0.254 e. The van der Waals surface area contributed by atoms with Crippen molar-refractivity contribution < 1.29 is 0 Å². The highest BCUT2D eigenvalue weighted by Crippen LogP contribution is 2.43. The summed E-state index contributed by atoms with van der Waals surface area (Å²) in [5.74, 6) is 3.99. The number of aryl methyl sites for hydroxylation is 1. The molecule has 0 N–H and O–H groups in total. The Kier molecular flexibility index (Phi) is 4.09. The van der Waals surface area contributed by atoms with Crippen LogP contribution in [0.1, 0.15) is 50.3 Å². The van der Waals surface area contributed by atoms with Crippen molar-refractivity contribution >= 4 is 5.82 Å². The minimum atomic E-state index is 0.145. The largest absolute Gasteiger partial charge is 0.341 e. The van der Waals surface area contributed by atoms with Gasteiger partial charge in [0.1, 0.15) is 17.8 Å². The molecule has 3 aromatic heterocycles. The number of aromatic nitrogens is 8. The van der Waals surface area contributed by atoms with Gasteiger partial charge < -0.3 is 4.90 Å². The summed E-state index contributed by atoms with van der Waals surface area (Å²) in [5.41, 5.74) is 1.90. The van der Waals surface area contributed by atoms with Crippen molar-refractivity contribution in [3.05, 3.63) is 54.5 Å². The summed E-state index contributed by atoms with van der Waals surface area (Å²) in [6.07, 6.45) is 7.93.